The minimum Gasteiger partial charge on any atom is -0.468 e. The molecule has 9 heteroatoms. The van der Waals surface area contributed by atoms with E-state index in [-0.39, 0.29) is 28.7 Å². The maximum absolute atomic E-state index is 14.4. The van der Waals surface area contributed by atoms with Crippen LogP contribution in [-0.4, -0.2) is 42.9 Å². The van der Waals surface area contributed by atoms with Crippen LogP contribution in [0, 0.1) is 17.7 Å². The summed E-state index contributed by atoms with van der Waals surface area (Å²) in [6, 6.07) is 4.19. The number of hydrogen-bond acceptors (Lipinski definition) is 7. The highest BCUT2D eigenvalue weighted by Crippen LogP contribution is 2.45. The molecule has 1 heterocycles. The van der Waals surface area contributed by atoms with Gasteiger partial charge in [0.2, 0.25) is 0 Å². The van der Waals surface area contributed by atoms with Gasteiger partial charge in [-0.2, -0.15) is 11.8 Å². The molecule has 1 aromatic rings. The van der Waals surface area contributed by atoms with E-state index in [1.807, 2.05) is 6.92 Å². The minimum atomic E-state index is -1.01. The van der Waals surface area contributed by atoms with Crippen LogP contribution < -0.4 is 5.32 Å². The molecular weight excluding hydrogens is 469 g/mol. The third kappa shape index (κ3) is 5.11. The number of nitrogens with one attached hydrogen (secondary N) is 1. The molecule has 33 heavy (non-hydrogen) atoms. The summed E-state index contributed by atoms with van der Waals surface area (Å²) >= 11 is 7.52. The topological polar surface area (TPSA) is 81.7 Å². The molecule has 6 nitrogen and oxygen atoms in total. The Balaban J connectivity index is 2.10. The first-order valence-corrected chi connectivity index (χ1v) is 12.3. The van der Waals surface area contributed by atoms with Gasteiger partial charge in [-0.25, -0.2) is 9.18 Å². The number of carbonyl (C=O) groups excluding carboxylic acids is 3. The third-order valence-corrected chi connectivity index (χ3v) is 7.08. The number of methoxy groups -OCH3 is 1. The molecule has 0 unspecified atom stereocenters. The molecule has 3 atom stereocenters. The highest BCUT2D eigenvalue weighted by Gasteiger charge is 2.47. The number of benzene rings is 1. The average Bonchev–Trinajstić information content (AvgIpc) is 2.77. The Morgan fingerprint density at radius 3 is 2.70 bits per heavy atom. The Hall–Kier alpha value is -2.32. The number of halogens is 2. The number of allylic oxidation sites excluding steroid dienone is 3. The lowest BCUT2D eigenvalue weighted by Gasteiger charge is -2.38. The van der Waals surface area contributed by atoms with E-state index < -0.39 is 35.4 Å². The van der Waals surface area contributed by atoms with Crippen LogP contribution in [0.5, 0.6) is 0 Å². The lowest BCUT2D eigenvalue weighted by Crippen LogP contribution is -2.43. The summed E-state index contributed by atoms with van der Waals surface area (Å²) in [5.74, 6) is -3.01. The first-order valence-electron chi connectivity index (χ1n) is 10.7. The summed E-state index contributed by atoms with van der Waals surface area (Å²) in [4.78, 5) is 39.2. The summed E-state index contributed by atoms with van der Waals surface area (Å²) in [6.07, 6.45) is 0.403. The molecule has 2 aliphatic rings. The molecule has 0 spiro atoms. The largest absolute Gasteiger partial charge is 0.468 e. The van der Waals surface area contributed by atoms with Gasteiger partial charge in [0.25, 0.3) is 0 Å². The molecule has 178 valence electrons. The van der Waals surface area contributed by atoms with Gasteiger partial charge in [-0.15, -0.1) is 0 Å². The molecule has 0 aromatic heterocycles. The molecule has 1 N–H and O–H groups in total. The van der Waals surface area contributed by atoms with Crippen molar-refractivity contribution in [2.45, 2.75) is 33.1 Å². The number of dihydropyridines is 1. The SMILES string of the molecule is CCSCCOC(=O)C1=C(C)NC2=C(C(=O)[C@H](C(=O)OC)[C@@H](C)C2)[C@H]1c1ccc(Cl)c(F)c1. The van der Waals surface area contributed by atoms with Gasteiger partial charge in [-0.3, -0.25) is 9.59 Å². The van der Waals surface area contributed by atoms with Crippen molar-refractivity contribution in [3.63, 3.8) is 0 Å². The van der Waals surface area contributed by atoms with Crippen LogP contribution in [0.15, 0.2) is 40.7 Å². The molecule has 1 aromatic carbocycles. The molecule has 0 bridgehead atoms. The summed E-state index contributed by atoms with van der Waals surface area (Å²) in [5.41, 5.74) is 1.99. The van der Waals surface area contributed by atoms with E-state index >= 15 is 0 Å². The van der Waals surface area contributed by atoms with Crippen LogP contribution in [0.4, 0.5) is 4.39 Å². The van der Waals surface area contributed by atoms with Crippen molar-refractivity contribution in [1.29, 1.82) is 0 Å². The second kappa shape index (κ2) is 10.7. The number of carbonyl (C=O) groups is 3. The van der Waals surface area contributed by atoms with Crippen molar-refractivity contribution in [3.8, 4) is 0 Å². The van der Waals surface area contributed by atoms with Crippen LogP contribution in [0.1, 0.15) is 38.7 Å². The van der Waals surface area contributed by atoms with E-state index in [1.54, 1.807) is 31.7 Å². The number of rotatable bonds is 7. The van der Waals surface area contributed by atoms with E-state index in [0.29, 0.717) is 29.1 Å². The van der Waals surface area contributed by atoms with Crippen LogP contribution in [0.25, 0.3) is 0 Å². The van der Waals surface area contributed by atoms with Gasteiger partial charge in [0, 0.05) is 28.6 Å². The first-order chi connectivity index (χ1) is 15.7. The van der Waals surface area contributed by atoms with Gasteiger partial charge in [0.1, 0.15) is 18.3 Å². The molecular formula is C24H27ClFNO5S. The predicted octanol–water partition coefficient (Wildman–Crippen LogP) is 4.39. The number of hydrogen-bond donors (Lipinski definition) is 1. The van der Waals surface area contributed by atoms with E-state index in [0.717, 1.165) is 5.75 Å². The van der Waals surface area contributed by atoms with Gasteiger partial charge < -0.3 is 14.8 Å². The number of Topliss-reactive ketones (excluding diaryl/α,β-unsaturated/α-hetero) is 1. The Bertz CT molecular complexity index is 1040. The van der Waals surface area contributed by atoms with Crippen molar-refractivity contribution < 1.29 is 28.2 Å². The Labute approximate surface area is 201 Å². The summed E-state index contributed by atoms with van der Waals surface area (Å²) in [7, 11) is 1.23. The van der Waals surface area contributed by atoms with Crippen LogP contribution in [0.2, 0.25) is 5.02 Å². The van der Waals surface area contributed by atoms with E-state index in [4.69, 9.17) is 21.1 Å². The maximum Gasteiger partial charge on any atom is 0.336 e. The quantitative estimate of drug-likeness (QED) is 0.341. The van der Waals surface area contributed by atoms with Crippen molar-refractivity contribution in [2.75, 3.05) is 25.2 Å². The molecule has 0 saturated carbocycles. The standard InChI is InChI=1S/C24H27ClFNO5S/c1-5-33-9-8-32-24(30)19-13(3)27-17-10-12(2)18(23(29)31-4)22(28)21(17)20(19)14-6-7-15(25)16(26)11-14/h6-7,11-12,18,20,27H,5,8-10H2,1-4H3/t12-,18+,20-/m0/s1. The second-order valence-electron chi connectivity index (χ2n) is 8.04. The van der Waals surface area contributed by atoms with Crippen LogP contribution in [0.3, 0.4) is 0 Å². The second-order valence-corrected chi connectivity index (χ2v) is 9.84. The van der Waals surface area contributed by atoms with Gasteiger partial charge in [0.15, 0.2) is 5.78 Å². The molecule has 0 amide bonds. The molecule has 1 aliphatic heterocycles. The van der Waals surface area contributed by atoms with Crippen LogP contribution in [-0.2, 0) is 23.9 Å². The highest BCUT2D eigenvalue weighted by molar-refractivity contribution is 7.99. The molecule has 0 radical (unpaired) electrons. The Morgan fingerprint density at radius 1 is 1.33 bits per heavy atom. The maximum atomic E-state index is 14.4. The Kier molecular flexibility index (Phi) is 8.23. The molecule has 0 fully saturated rings. The lowest BCUT2D eigenvalue weighted by molar-refractivity contribution is -0.151. The minimum absolute atomic E-state index is 0.0701. The fourth-order valence-corrected chi connectivity index (χ4v) is 5.00. The lowest BCUT2D eigenvalue weighted by atomic mass is 9.69. The normalized spacial score (nSPS) is 22.6. The number of thioether (sulfide) groups is 1. The Morgan fingerprint density at radius 2 is 2.06 bits per heavy atom. The van der Waals surface area contributed by atoms with E-state index in [1.165, 1.54) is 19.2 Å². The zero-order valence-corrected chi connectivity index (χ0v) is 20.6. The molecule has 3 rings (SSSR count). The highest BCUT2D eigenvalue weighted by atomic mass is 35.5. The summed E-state index contributed by atoms with van der Waals surface area (Å²) in [5, 5.41) is 3.11. The van der Waals surface area contributed by atoms with Gasteiger partial charge in [-0.1, -0.05) is 31.5 Å². The zero-order chi connectivity index (χ0) is 24.3. The average molecular weight is 496 g/mol. The zero-order valence-electron chi connectivity index (χ0n) is 19.0. The van der Waals surface area contributed by atoms with Crippen molar-refractivity contribution in [2.24, 2.45) is 11.8 Å². The number of ether oxygens (including phenoxy) is 2. The number of ketones is 1. The predicted molar refractivity (Wildman–Crippen MR) is 125 cm³/mol. The van der Waals surface area contributed by atoms with Crippen molar-refractivity contribution >= 4 is 41.1 Å². The first kappa shape index (κ1) is 25.3. The van der Waals surface area contributed by atoms with Gasteiger partial charge >= 0.3 is 11.9 Å². The molecule has 1 aliphatic carbocycles. The van der Waals surface area contributed by atoms with Gasteiger partial charge in [0.05, 0.1) is 17.7 Å². The van der Waals surface area contributed by atoms with Crippen LogP contribution >= 0.6 is 23.4 Å². The van der Waals surface area contributed by atoms with Crippen molar-refractivity contribution in [1.82, 2.24) is 5.32 Å². The number of esters is 2. The van der Waals surface area contributed by atoms with Gasteiger partial charge in [-0.05, 0) is 42.7 Å². The van der Waals surface area contributed by atoms with E-state index in [9.17, 15) is 18.8 Å². The van der Waals surface area contributed by atoms with E-state index in [2.05, 4.69) is 5.32 Å². The summed E-state index contributed by atoms with van der Waals surface area (Å²) < 4.78 is 24.8. The fraction of sp³-hybridized carbons (Fsp3) is 0.458. The monoisotopic (exact) mass is 495 g/mol. The molecule has 0 saturated heterocycles. The smallest absolute Gasteiger partial charge is 0.336 e. The van der Waals surface area contributed by atoms with Crippen molar-refractivity contribution in [3.05, 3.63) is 57.1 Å². The summed E-state index contributed by atoms with van der Waals surface area (Å²) in [6.45, 7) is 5.74. The third-order valence-electron chi connectivity index (χ3n) is 5.90. The fourth-order valence-electron chi connectivity index (χ4n) is 4.39.